The number of rotatable bonds is 4. The number of ether oxygens (including phenoxy) is 1. The van der Waals surface area contributed by atoms with Crippen LogP contribution in [-0.4, -0.2) is 27.0 Å². The van der Waals surface area contributed by atoms with Crippen molar-refractivity contribution < 1.29 is 4.74 Å². The molecule has 7 heteroatoms. The second-order valence-corrected chi connectivity index (χ2v) is 5.27. The van der Waals surface area contributed by atoms with E-state index >= 15 is 0 Å². The van der Waals surface area contributed by atoms with Crippen molar-refractivity contribution in [2.45, 2.75) is 26.9 Å². The van der Waals surface area contributed by atoms with Gasteiger partial charge in [0.05, 0.1) is 0 Å². The maximum Gasteiger partial charge on any atom is 0.243 e. The van der Waals surface area contributed by atoms with E-state index in [-0.39, 0.29) is 0 Å². The summed E-state index contributed by atoms with van der Waals surface area (Å²) in [4.78, 5) is 15.5. The molecule has 0 aliphatic carbocycles. The molecular formula is C16H20ClN5O. The highest BCUT2D eigenvalue weighted by Gasteiger charge is 2.10. The van der Waals surface area contributed by atoms with Gasteiger partial charge in [0.25, 0.3) is 0 Å². The third-order valence-electron chi connectivity index (χ3n) is 2.78. The van der Waals surface area contributed by atoms with Crippen LogP contribution in [0.3, 0.4) is 0 Å². The van der Waals surface area contributed by atoms with Crippen LogP contribution in [0, 0.1) is 0 Å². The SMILES string of the molecule is CCC.CNc1nc2ncnc(OCc3ccc(Cl)cc3)c2[nH]1. The molecular weight excluding hydrogens is 314 g/mol. The Morgan fingerprint density at radius 2 is 1.87 bits per heavy atom. The summed E-state index contributed by atoms with van der Waals surface area (Å²) in [5, 5.41) is 3.62. The fourth-order valence-corrected chi connectivity index (χ4v) is 1.89. The van der Waals surface area contributed by atoms with Crippen LogP contribution in [-0.2, 0) is 6.61 Å². The highest BCUT2D eigenvalue weighted by Crippen LogP contribution is 2.21. The lowest BCUT2D eigenvalue weighted by Crippen LogP contribution is -1.98. The number of anilines is 1. The predicted molar refractivity (Wildman–Crippen MR) is 93.0 cm³/mol. The molecule has 0 aliphatic heterocycles. The Hall–Kier alpha value is -2.34. The normalized spacial score (nSPS) is 10.1. The highest BCUT2D eigenvalue weighted by atomic mass is 35.5. The van der Waals surface area contributed by atoms with Crippen LogP contribution in [0.2, 0.25) is 5.02 Å². The van der Waals surface area contributed by atoms with Crippen molar-refractivity contribution in [1.29, 1.82) is 0 Å². The quantitative estimate of drug-likeness (QED) is 0.753. The van der Waals surface area contributed by atoms with Crippen LogP contribution >= 0.6 is 11.6 Å². The molecule has 3 rings (SSSR count). The maximum absolute atomic E-state index is 5.84. The average molecular weight is 334 g/mol. The van der Waals surface area contributed by atoms with Crippen molar-refractivity contribution in [3.63, 3.8) is 0 Å². The molecule has 0 bridgehead atoms. The summed E-state index contributed by atoms with van der Waals surface area (Å²) >= 11 is 5.84. The molecule has 122 valence electrons. The van der Waals surface area contributed by atoms with Gasteiger partial charge in [-0.1, -0.05) is 44.0 Å². The summed E-state index contributed by atoms with van der Waals surface area (Å²) in [6.07, 6.45) is 2.68. The zero-order chi connectivity index (χ0) is 16.7. The van der Waals surface area contributed by atoms with E-state index in [0.29, 0.717) is 34.6 Å². The van der Waals surface area contributed by atoms with Gasteiger partial charge in [-0.25, -0.2) is 4.98 Å². The third kappa shape index (κ3) is 4.56. The van der Waals surface area contributed by atoms with Crippen LogP contribution in [0.4, 0.5) is 5.95 Å². The van der Waals surface area contributed by atoms with Gasteiger partial charge in [-0.15, -0.1) is 0 Å². The maximum atomic E-state index is 5.84. The first-order valence-electron chi connectivity index (χ1n) is 7.43. The van der Waals surface area contributed by atoms with E-state index in [0.717, 1.165) is 5.56 Å². The number of nitrogens with one attached hydrogen (secondary N) is 2. The summed E-state index contributed by atoms with van der Waals surface area (Å²) < 4.78 is 5.71. The Morgan fingerprint density at radius 3 is 2.52 bits per heavy atom. The lowest BCUT2D eigenvalue weighted by Gasteiger charge is -2.05. The molecule has 3 aromatic rings. The monoisotopic (exact) mass is 333 g/mol. The van der Waals surface area contributed by atoms with E-state index in [1.807, 2.05) is 24.3 Å². The number of aromatic nitrogens is 4. The largest absolute Gasteiger partial charge is 0.471 e. The fourth-order valence-electron chi connectivity index (χ4n) is 1.77. The minimum atomic E-state index is 0.400. The number of hydrogen-bond donors (Lipinski definition) is 2. The van der Waals surface area contributed by atoms with Crippen molar-refractivity contribution in [1.82, 2.24) is 19.9 Å². The Labute approximate surface area is 140 Å². The van der Waals surface area contributed by atoms with Gasteiger partial charge >= 0.3 is 0 Å². The number of hydrogen-bond acceptors (Lipinski definition) is 5. The smallest absolute Gasteiger partial charge is 0.243 e. The Balaban J connectivity index is 0.000000595. The molecule has 2 heterocycles. The number of nitrogens with zero attached hydrogens (tertiary/aromatic N) is 3. The second-order valence-electron chi connectivity index (χ2n) is 4.84. The zero-order valence-corrected chi connectivity index (χ0v) is 14.2. The van der Waals surface area contributed by atoms with E-state index in [2.05, 4.69) is 39.1 Å². The van der Waals surface area contributed by atoms with Gasteiger partial charge in [0, 0.05) is 12.1 Å². The van der Waals surface area contributed by atoms with E-state index in [1.54, 1.807) is 7.05 Å². The molecule has 0 aliphatic rings. The van der Waals surface area contributed by atoms with Gasteiger partial charge in [-0.05, 0) is 17.7 Å². The summed E-state index contributed by atoms with van der Waals surface area (Å²) in [5.74, 6) is 1.09. The first kappa shape index (κ1) is 17.0. The number of fused-ring (bicyclic) bond motifs is 1. The molecule has 23 heavy (non-hydrogen) atoms. The van der Waals surface area contributed by atoms with Crippen molar-refractivity contribution in [3.8, 4) is 5.88 Å². The fraction of sp³-hybridized carbons (Fsp3) is 0.312. The van der Waals surface area contributed by atoms with Crippen LogP contribution in [0.1, 0.15) is 25.8 Å². The van der Waals surface area contributed by atoms with Crippen molar-refractivity contribution in [2.75, 3.05) is 12.4 Å². The molecule has 0 amide bonds. The molecule has 6 nitrogen and oxygen atoms in total. The molecule has 2 aromatic heterocycles. The standard InChI is InChI=1S/C13H12ClN5O.C3H8/c1-15-13-18-10-11(19-13)16-7-17-12(10)20-6-8-2-4-9(14)5-3-8;1-3-2/h2-5,7H,6H2,1H3,(H2,15,16,17,18,19);3H2,1-2H3. The molecule has 2 N–H and O–H groups in total. The van der Waals surface area contributed by atoms with E-state index in [4.69, 9.17) is 16.3 Å². The van der Waals surface area contributed by atoms with Crippen LogP contribution in [0.15, 0.2) is 30.6 Å². The van der Waals surface area contributed by atoms with Gasteiger partial charge in [-0.2, -0.15) is 9.97 Å². The van der Waals surface area contributed by atoms with Crippen molar-refractivity contribution in [3.05, 3.63) is 41.2 Å². The average Bonchev–Trinajstić information content (AvgIpc) is 2.99. The van der Waals surface area contributed by atoms with Gasteiger partial charge in [0.1, 0.15) is 18.5 Å². The molecule has 0 spiro atoms. The van der Waals surface area contributed by atoms with Gasteiger partial charge in [0.2, 0.25) is 11.8 Å². The Kier molecular flexibility index (Phi) is 6.17. The molecule has 0 saturated carbocycles. The number of aromatic amines is 1. The minimum absolute atomic E-state index is 0.400. The number of benzene rings is 1. The first-order valence-corrected chi connectivity index (χ1v) is 7.81. The number of halogens is 1. The second kappa shape index (κ2) is 8.33. The lowest BCUT2D eigenvalue weighted by molar-refractivity contribution is 0.297. The molecule has 0 unspecified atom stereocenters. The lowest BCUT2D eigenvalue weighted by atomic mass is 10.2. The Morgan fingerprint density at radius 1 is 1.17 bits per heavy atom. The van der Waals surface area contributed by atoms with Crippen LogP contribution in [0.5, 0.6) is 5.88 Å². The minimum Gasteiger partial charge on any atom is -0.471 e. The van der Waals surface area contributed by atoms with E-state index in [1.165, 1.54) is 12.7 Å². The first-order chi connectivity index (χ1) is 11.2. The van der Waals surface area contributed by atoms with E-state index in [9.17, 15) is 0 Å². The Bertz CT molecular complexity index is 742. The summed E-state index contributed by atoms with van der Waals surface area (Å²) in [6, 6.07) is 7.47. The van der Waals surface area contributed by atoms with Crippen LogP contribution < -0.4 is 10.1 Å². The van der Waals surface area contributed by atoms with Crippen molar-refractivity contribution in [2.24, 2.45) is 0 Å². The number of H-pyrrole nitrogens is 1. The number of imidazole rings is 1. The highest BCUT2D eigenvalue weighted by molar-refractivity contribution is 6.30. The topological polar surface area (TPSA) is 75.7 Å². The summed E-state index contributed by atoms with van der Waals surface area (Å²) in [6.45, 7) is 4.65. The molecule has 0 radical (unpaired) electrons. The van der Waals surface area contributed by atoms with Gasteiger partial charge in [-0.3, -0.25) is 0 Å². The van der Waals surface area contributed by atoms with E-state index < -0.39 is 0 Å². The van der Waals surface area contributed by atoms with Crippen molar-refractivity contribution >= 4 is 28.7 Å². The summed E-state index contributed by atoms with van der Waals surface area (Å²) in [5.41, 5.74) is 2.25. The predicted octanol–water partition coefficient (Wildman–Crippen LogP) is 4.04. The summed E-state index contributed by atoms with van der Waals surface area (Å²) in [7, 11) is 1.78. The zero-order valence-electron chi connectivity index (χ0n) is 13.4. The molecule has 0 atom stereocenters. The molecule has 0 saturated heterocycles. The van der Waals surface area contributed by atoms with Crippen LogP contribution in [0.25, 0.3) is 11.2 Å². The third-order valence-corrected chi connectivity index (χ3v) is 3.03. The molecule has 0 fully saturated rings. The molecule has 1 aromatic carbocycles. The van der Waals surface area contributed by atoms with Gasteiger partial charge < -0.3 is 15.0 Å². The van der Waals surface area contributed by atoms with Gasteiger partial charge in [0.15, 0.2) is 5.65 Å².